The molecular formula is C44H67O14Ru6. The molecule has 3 radical (unpaired) electrons. The topological polar surface area (TPSA) is 239 Å². The van der Waals surface area contributed by atoms with Gasteiger partial charge < -0.3 is 89.4 Å². The second-order valence-corrected chi connectivity index (χ2v) is 11.2. The summed E-state index contributed by atoms with van der Waals surface area (Å²) in [5.41, 5.74) is 0. The summed E-state index contributed by atoms with van der Waals surface area (Å²) in [4.78, 5) is 108. The van der Waals surface area contributed by atoms with Crippen molar-refractivity contribution in [3.8, 4) is 0 Å². The van der Waals surface area contributed by atoms with E-state index >= 15 is 0 Å². The normalized spacial score (nSPS) is 21.0. The van der Waals surface area contributed by atoms with Crippen molar-refractivity contribution in [2.24, 2.45) is 59.2 Å². The van der Waals surface area contributed by atoms with Crippen LogP contribution in [0.25, 0.3) is 0 Å². The van der Waals surface area contributed by atoms with E-state index in [0.717, 1.165) is 59.2 Å². The maximum Gasteiger partial charge on any atom is 4.00 e. The molecule has 14 nitrogen and oxygen atoms in total. The molecule has 0 amide bonds. The smallest absolute Gasteiger partial charge is 0.545 e. The van der Waals surface area contributed by atoms with Gasteiger partial charge in [-0.1, -0.05) is 64.8 Å². The maximum atomic E-state index is 7.75. The average molecular weight is 1430 g/mol. The SMILES string of the molecule is C1=CC2CCC3C=CCC(C1)C23.CC(C)C1CC[C@@H](C)C2CCC(C)C2C1.[CH-]=O.[CH-]=O.[CH-]=O.[CH-]=O.[CH-]=O.[CH-]=O.[CH-]=O.[CH-]=O.[CH-]=O.[CH-]=O.[CH-]=O.[CH-]=O.[CH-]=O.[CH-]=O.[CH3-].[CH3-].[CH3-].[Ru+2].[Ru+2].[Ru+3].[Ru+3].[Ru+3].[Ru+4]. The molecule has 0 heterocycles. The third-order valence-corrected chi connectivity index (χ3v) is 9.49. The van der Waals surface area contributed by atoms with Gasteiger partial charge in [0, 0.05) is 0 Å². The van der Waals surface area contributed by atoms with E-state index in [1.54, 1.807) is 0 Å². The van der Waals surface area contributed by atoms with Crippen molar-refractivity contribution in [2.45, 2.75) is 85.5 Å². The van der Waals surface area contributed by atoms with Gasteiger partial charge in [0.25, 0.3) is 0 Å². The number of hydrogen-bond acceptors (Lipinski definition) is 14. The fourth-order valence-corrected chi connectivity index (χ4v) is 7.69. The number of fused-ring (bicyclic) bond motifs is 1. The van der Waals surface area contributed by atoms with E-state index in [0.29, 0.717) is 0 Å². The summed E-state index contributed by atoms with van der Waals surface area (Å²) in [7, 11) is 0. The van der Waals surface area contributed by atoms with Crippen molar-refractivity contribution in [1.29, 1.82) is 0 Å². The van der Waals surface area contributed by atoms with Gasteiger partial charge >= 0.3 is 117 Å². The van der Waals surface area contributed by atoms with E-state index in [1.807, 2.05) is 0 Å². The second kappa shape index (κ2) is 131. The zero-order valence-corrected chi connectivity index (χ0v) is 47.8. The molecule has 0 spiro atoms. The molecule has 0 aliphatic heterocycles. The van der Waals surface area contributed by atoms with Crippen molar-refractivity contribution in [3.63, 3.8) is 0 Å². The number of carbonyl (C=O) groups excluding carboxylic acids is 14. The zero-order chi connectivity index (χ0) is 47.0. The Labute approximate surface area is 466 Å². The van der Waals surface area contributed by atoms with Gasteiger partial charge in [-0.25, -0.2) is 0 Å². The summed E-state index contributed by atoms with van der Waals surface area (Å²) >= 11 is 0. The standard InChI is InChI=1S/C15H28.C12H16.14CHO.3CH3.6Ru/c1-10(2)13-7-5-11(3)14-8-6-12(4)15(14)9-13;1-3-9-4-2-6-11-8-7-10(5-1)12(9)11;14*1-2;;;;;;;;;/h10-15H,5-9H2,1-4H3;1-2,5-6,9-12H,3-4,7-8H2;14*1H;3*1H3;;;;;;/q;;17*-1;2*+2;3*+3;+4/t11-,12?,13?,14?,15?;;;;;;;;;;;;;;;;;;;;;;;;/m1......................../s1. The third kappa shape index (κ3) is 64.9. The molecule has 5 aliphatic carbocycles. The number of allylic oxidation sites excluding steroid dienone is 4. The quantitative estimate of drug-likeness (QED) is 0.138. The molecule has 64 heavy (non-hydrogen) atoms. The number of rotatable bonds is 1. The fraction of sp³-hybridized carbons (Fsp3) is 0.523. The molecule has 3 saturated carbocycles. The summed E-state index contributed by atoms with van der Waals surface area (Å²) in [6.45, 7) is 55.4. The first-order valence-corrected chi connectivity index (χ1v) is 15.7. The maximum absolute atomic E-state index is 7.75. The molecule has 0 N–H and O–H groups in total. The van der Waals surface area contributed by atoms with Gasteiger partial charge in [-0.3, -0.25) is 95.0 Å². The Morgan fingerprint density at radius 1 is 0.406 bits per heavy atom. The average Bonchev–Trinajstić information content (AvgIpc) is 3.87. The van der Waals surface area contributed by atoms with Crippen LogP contribution in [0.2, 0.25) is 0 Å². The largest absolute Gasteiger partial charge is 4.00 e. The van der Waals surface area contributed by atoms with E-state index in [4.69, 9.17) is 67.1 Å². The van der Waals surface area contributed by atoms with Crippen LogP contribution in [0.15, 0.2) is 24.3 Å². The molecule has 375 valence electrons. The Kier molecular flexibility index (Phi) is 267. The van der Waals surface area contributed by atoms with E-state index < -0.39 is 0 Å². The Morgan fingerprint density at radius 2 is 0.656 bits per heavy atom. The van der Waals surface area contributed by atoms with Gasteiger partial charge in [-0.05, 0) is 104 Å². The predicted molar refractivity (Wildman–Crippen MR) is 231 cm³/mol. The molecule has 20 heteroatoms. The minimum atomic E-state index is 0. The van der Waals surface area contributed by atoms with Crippen LogP contribution < -0.4 is 0 Å². The van der Waals surface area contributed by atoms with Crippen molar-refractivity contribution in [3.05, 3.63) is 46.6 Å². The summed E-state index contributed by atoms with van der Waals surface area (Å²) in [5, 5.41) is 0. The molecule has 0 aromatic rings. The van der Waals surface area contributed by atoms with Gasteiger partial charge in [0.15, 0.2) is 0 Å². The summed E-state index contributed by atoms with van der Waals surface area (Å²) in [6.07, 6.45) is 23.0. The van der Waals surface area contributed by atoms with Crippen molar-refractivity contribution in [1.82, 2.24) is 0 Å². The molecule has 0 bridgehead atoms. The van der Waals surface area contributed by atoms with Crippen LogP contribution in [0.3, 0.4) is 0 Å². The fourth-order valence-electron chi connectivity index (χ4n) is 7.69. The molecule has 0 saturated heterocycles. The minimum absolute atomic E-state index is 0. The molecule has 6 unspecified atom stereocenters. The van der Waals surface area contributed by atoms with Gasteiger partial charge in [-0.15, -0.1) is 0 Å². The van der Waals surface area contributed by atoms with Gasteiger partial charge in [0.05, 0.1) is 0 Å². The molecule has 0 aromatic heterocycles. The van der Waals surface area contributed by atoms with Crippen LogP contribution in [-0.2, 0) is 184 Å². The third-order valence-electron chi connectivity index (χ3n) is 9.49. The molecule has 0 aromatic carbocycles. The molecule has 3 fully saturated rings. The Bertz CT molecular complexity index is 741. The van der Waals surface area contributed by atoms with E-state index in [2.05, 4.69) is 147 Å². The van der Waals surface area contributed by atoms with Gasteiger partial charge in [0.2, 0.25) is 0 Å². The van der Waals surface area contributed by atoms with Crippen molar-refractivity contribution >= 4 is 95.0 Å². The first kappa shape index (κ1) is 131. The Hall–Kier alpha value is -1.40. The molecule has 7 atom stereocenters. The van der Waals surface area contributed by atoms with Crippen LogP contribution in [0.1, 0.15) is 85.5 Å². The van der Waals surface area contributed by atoms with E-state index in [-0.39, 0.29) is 139 Å². The van der Waals surface area contributed by atoms with Crippen LogP contribution in [0.4, 0.5) is 0 Å². The first-order valence-electron chi connectivity index (χ1n) is 15.7. The molecule has 5 rings (SSSR count). The summed E-state index contributed by atoms with van der Waals surface area (Å²) in [6, 6.07) is 0. The summed E-state index contributed by atoms with van der Waals surface area (Å²) in [5.74, 6) is 9.99. The second-order valence-electron chi connectivity index (χ2n) is 11.2. The Morgan fingerprint density at radius 3 is 0.922 bits per heavy atom. The molecular weight excluding hydrogens is 1360 g/mol. The molecule has 5 aliphatic rings. The Balaban J connectivity index is -0.0000000201. The van der Waals surface area contributed by atoms with E-state index in [9.17, 15) is 0 Å². The van der Waals surface area contributed by atoms with Gasteiger partial charge in [-0.2, -0.15) is 0 Å². The predicted octanol–water partition coefficient (Wildman–Crippen LogP) is 5.40. The zero-order valence-electron chi connectivity index (χ0n) is 37.4. The first-order chi connectivity index (χ1) is 27.0. The minimum Gasteiger partial charge on any atom is -0.545 e. The van der Waals surface area contributed by atoms with Crippen LogP contribution in [-0.4, -0.2) is 95.0 Å². The van der Waals surface area contributed by atoms with Gasteiger partial charge in [0.1, 0.15) is 0 Å². The van der Waals surface area contributed by atoms with Crippen molar-refractivity contribution < 1.29 is 184 Å². The monoisotopic (exact) mass is 1430 g/mol. The van der Waals surface area contributed by atoms with Crippen LogP contribution in [0, 0.1) is 81.5 Å². The van der Waals surface area contributed by atoms with Crippen molar-refractivity contribution in [2.75, 3.05) is 0 Å². The van der Waals surface area contributed by atoms with E-state index in [1.165, 1.54) is 57.8 Å². The number of hydrogen-bond donors (Lipinski definition) is 0. The van der Waals surface area contributed by atoms with Crippen LogP contribution in [0.5, 0.6) is 0 Å². The summed E-state index contributed by atoms with van der Waals surface area (Å²) < 4.78 is 0. The van der Waals surface area contributed by atoms with Crippen LogP contribution >= 0.6 is 0 Å².